The fourth-order valence-corrected chi connectivity index (χ4v) is 1.97. The van der Waals surface area contributed by atoms with Crippen molar-refractivity contribution >= 4 is 5.91 Å². The second-order valence-electron chi connectivity index (χ2n) is 6.20. The number of hydrogen-bond acceptors (Lipinski definition) is 3. The highest BCUT2D eigenvalue weighted by Gasteiger charge is 2.44. The summed E-state index contributed by atoms with van der Waals surface area (Å²) in [7, 11) is 0. The maximum atomic E-state index is 12.4. The van der Waals surface area contributed by atoms with Crippen LogP contribution in [0.3, 0.4) is 0 Å². The first-order valence-electron chi connectivity index (χ1n) is 6.40. The van der Waals surface area contributed by atoms with Gasteiger partial charge in [-0.2, -0.15) is 0 Å². The summed E-state index contributed by atoms with van der Waals surface area (Å²) in [6.45, 7) is 10.8. The van der Waals surface area contributed by atoms with Crippen molar-refractivity contribution in [2.45, 2.75) is 58.6 Å². The van der Waals surface area contributed by atoms with Crippen LogP contribution in [0.1, 0.15) is 47.5 Å². The molecule has 1 atom stereocenters. The largest absolute Gasteiger partial charge is 0.388 e. The van der Waals surface area contributed by atoms with Gasteiger partial charge in [-0.05, 0) is 47.1 Å². The molecule has 4 heteroatoms. The minimum atomic E-state index is -0.941. The monoisotopic (exact) mass is 242 g/mol. The molecule has 1 saturated heterocycles. The molecule has 0 aromatic rings. The Balaban J connectivity index is 2.78. The van der Waals surface area contributed by atoms with Gasteiger partial charge < -0.3 is 15.7 Å². The molecule has 0 aromatic carbocycles. The van der Waals surface area contributed by atoms with E-state index in [2.05, 4.69) is 10.6 Å². The zero-order valence-corrected chi connectivity index (χ0v) is 11.7. The lowest BCUT2D eigenvalue weighted by Gasteiger charge is -2.40. The lowest BCUT2D eigenvalue weighted by molar-refractivity contribution is -0.135. The van der Waals surface area contributed by atoms with Crippen LogP contribution in [-0.4, -0.2) is 35.2 Å². The van der Waals surface area contributed by atoms with Crippen LogP contribution in [0, 0.1) is 5.41 Å². The zero-order chi connectivity index (χ0) is 13.3. The molecule has 1 aliphatic heterocycles. The normalized spacial score (nSPS) is 26.0. The second-order valence-corrected chi connectivity index (χ2v) is 6.20. The summed E-state index contributed by atoms with van der Waals surface area (Å²) in [4.78, 5) is 12.4. The van der Waals surface area contributed by atoms with Gasteiger partial charge in [-0.15, -0.1) is 0 Å². The Morgan fingerprint density at radius 1 is 1.41 bits per heavy atom. The molecule has 0 aromatic heterocycles. The van der Waals surface area contributed by atoms with Crippen LogP contribution in [0.4, 0.5) is 0 Å². The predicted octanol–water partition coefficient (Wildman–Crippen LogP) is 1.04. The minimum Gasteiger partial charge on any atom is -0.388 e. The van der Waals surface area contributed by atoms with E-state index >= 15 is 0 Å². The van der Waals surface area contributed by atoms with E-state index in [9.17, 15) is 9.90 Å². The van der Waals surface area contributed by atoms with E-state index < -0.39 is 11.1 Å². The Morgan fingerprint density at radius 2 is 2.00 bits per heavy atom. The summed E-state index contributed by atoms with van der Waals surface area (Å²) in [5.74, 6) is 0.0529. The maximum absolute atomic E-state index is 12.4. The fourth-order valence-electron chi connectivity index (χ4n) is 1.97. The van der Waals surface area contributed by atoms with Gasteiger partial charge in [0.1, 0.15) is 0 Å². The predicted molar refractivity (Wildman–Crippen MR) is 68.7 cm³/mol. The van der Waals surface area contributed by atoms with Gasteiger partial charge in [0.05, 0.1) is 16.6 Å². The van der Waals surface area contributed by atoms with Crippen molar-refractivity contribution in [1.29, 1.82) is 0 Å². The van der Waals surface area contributed by atoms with E-state index in [4.69, 9.17) is 0 Å². The lowest BCUT2D eigenvalue weighted by Crippen LogP contribution is -2.60. The first-order chi connectivity index (χ1) is 7.65. The van der Waals surface area contributed by atoms with Gasteiger partial charge in [-0.3, -0.25) is 4.79 Å². The van der Waals surface area contributed by atoms with E-state index in [1.807, 2.05) is 20.8 Å². The summed E-state index contributed by atoms with van der Waals surface area (Å²) < 4.78 is 0. The third kappa shape index (κ3) is 2.80. The molecule has 1 aliphatic rings. The molecule has 1 rings (SSSR count). The van der Waals surface area contributed by atoms with Crippen LogP contribution < -0.4 is 10.6 Å². The number of rotatable bonds is 4. The van der Waals surface area contributed by atoms with E-state index in [0.29, 0.717) is 0 Å². The average Bonchev–Trinajstić information content (AvgIpc) is 2.64. The number of carbonyl (C=O) groups is 1. The Morgan fingerprint density at radius 3 is 2.35 bits per heavy atom. The molecule has 3 N–H and O–H groups in total. The molecule has 0 saturated carbocycles. The highest BCUT2D eigenvalue weighted by Crippen LogP contribution is 2.31. The molecule has 4 nitrogen and oxygen atoms in total. The van der Waals surface area contributed by atoms with Crippen molar-refractivity contribution in [3.05, 3.63) is 0 Å². The summed E-state index contributed by atoms with van der Waals surface area (Å²) in [6, 6.07) is 0. The van der Waals surface area contributed by atoms with Gasteiger partial charge in [0.2, 0.25) is 5.91 Å². The Kier molecular flexibility index (Phi) is 3.89. The van der Waals surface area contributed by atoms with Crippen LogP contribution >= 0.6 is 0 Å². The molecule has 1 fully saturated rings. The smallest absolute Gasteiger partial charge is 0.228 e. The number of amides is 1. The zero-order valence-electron chi connectivity index (χ0n) is 11.7. The van der Waals surface area contributed by atoms with Gasteiger partial charge >= 0.3 is 0 Å². The van der Waals surface area contributed by atoms with E-state index in [0.717, 1.165) is 25.9 Å². The van der Waals surface area contributed by atoms with Crippen molar-refractivity contribution in [2.24, 2.45) is 5.41 Å². The highest BCUT2D eigenvalue weighted by molar-refractivity contribution is 5.84. The van der Waals surface area contributed by atoms with Crippen LogP contribution in [-0.2, 0) is 4.79 Å². The third-order valence-corrected chi connectivity index (χ3v) is 4.36. The van der Waals surface area contributed by atoms with Gasteiger partial charge in [0, 0.05) is 6.54 Å². The molecule has 1 heterocycles. The first kappa shape index (κ1) is 14.5. The topological polar surface area (TPSA) is 61.4 Å². The molecule has 0 spiro atoms. The summed E-state index contributed by atoms with van der Waals surface area (Å²) >= 11 is 0. The van der Waals surface area contributed by atoms with Gasteiger partial charge in [-0.25, -0.2) is 0 Å². The first-order valence-corrected chi connectivity index (χ1v) is 6.40. The maximum Gasteiger partial charge on any atom is 0.228 e. The Hall–Kier alpha value is -0.610. The Bertz CT molecular complexity index is 286. The van der Waals surface area contributed by atoms with Crippen molar-refractivity contribution < 1.29 is 9.90 Å². The number of hydrogen-bond donors (Lipinski definition) is 3. The minimum absolute atomic E-state index is 0.0529. The molecule has 0 radical (unpaired) electrons. The molecule has 100 valence electrons. The third-order valence-electron chi connectivity index (χ3n) is 4.36. The number of nitrogens with one attached hydrogen (secondary N) is 2. The summed E-state index contributed by atoms with van der Waals surface area (Å²) in [6.07, 6.45) is 1.70. The quantitative estimate of drug-likeness (QED) is 0.690. The van der Waals surface area contributed by atoms with Crippen molar-refractivity contribution in [3.8, 4) is 0 Å². The van der Waals surface area contributed by atoms with Crippen LogP contribution in [0.25, 0.3) is 0 Å². The average molecular weight is 242 g/mol. The molecular weight excluding hydrogens is 216 g/mol. The summed E-state index contributed by atoms with van der Waals surface area (Å²) in [5.41, 5.74) is -1.87. The molecular formula is C13H26N2O2. The molecule has 0 aliphatic carbocycles. The van der Waals surface area contributed by atoms with Crippen molar-refractivity contribution in [2.75, 3.05) is 13.1 Å². The standard InChI is InChI=1S/C13H26N2O2/c1-6-13(7-8-14-9-13)10(16)15-11(2,3)12(4,5)17/h14,17H,6-9H2,1-5H3,(H,15,16). The fraction of sp³-hybridized carbons (Fsp3) is 0.923. The number of aliphatic hydroxyl groups is 1. The van der Waals surface area contributed by atoms with E-state index in [-0.39, 0.29) is 11.3 Å². The van der Waals surface area contributed by atoms with Crippen LogP contribution in [0.15, 0.2) is 0 Å². The molecule has 17 heavy (non-hydrogen) atoms. The van der Waals surface area contributed by atoms with Crippen LogP contribution in [0.5, 0.6) is 0 Å². The van der Waals surface area contributed by atoms with Gasteiger partial charge in [-0.1, -0.05) is 6.92 Å². The molecule has 1 amide bonds. The van der Waals surface area contributed by atoms with Gasteiger partial charge in [0.15, 0.2) is 0 Å². The SMILES string of the molecule is CCC1(C(=O)NC(C)(C)C(C)(C)O)CCNC1. The highest BCUT2D eigenvalue weighted by atomic mass is 16.3. The van der Waals surface area contributed by atoms with E-state index in [1.165, 1.54) is 0 Å². The Labute approximate surface area is 104 Å². The summed E-state index contributed by atoms with van der Waals surface area (Å²) in [5, 5.41) is 16.3. The molecule has 0 bridgehead atoms. The van der Waals surface area contributed by atoms with Crippen molar-refractivity contribution in [3.63, 3.8) is 0 Å². The van der Waals surface area contributed by atoms with Crippen molar-refractivity contribution in [1.82, 2.24) is 10.6 Å². The van der Waals surface area contributed by atoms with Gasteiger partial charge in [0.25, 0.3) is 0 Å². The van der Waals surface area contributed by atoms with Crippen LogP contribution in [0.2, 0.25) is 0 Å². The number of carbonyl (C=O) groups excluding carboxylic acids is 1. The molecule has 1 unspecified atom stereocenters. The van der Waals surface area contributed by atoms with E-state index in [1.54, 1.807) is 13.8 Å². The second kappa shape index (κ2) is 4.58. The lowest BCUT2D eigenvalue weighted by atomic mass is 9.80.